The third-order valence-corrected chi connectivity index (χ3v) is 2.59. The summed E-state index contributed by atoms with van der Waals surface area (Å²) < 4.78 is 0. The molecule has 0 radical (unpaired) electrons. The Labute approximate surface area is 63.4 Å². The first-order valence-corrected chi connectivity index (χ1v) is 4.12. The Morgan fingerprint density at radius 1 is 1.60 bits per heavy atom. The summed E-state index contributed by atoms with van der Waals surface area (Å²) in [7, 11) is 2.18. The van der Waals surface area contributed by atoms with Crippen molar-refractivity contribution in [1.82, 2.24) is 4.90 Å². The summed E-state index contributed by atoms with van der Waals surface area (Å²) in [6, 6.07) is 0. The van der Waals surface area contributed by atoms with Gasteiger partial charge in [-0.1, -0.05) is 6.92 Å². The van der Waals surface area contributed by atoms with Crippen LogP contribution in [0.15, 0.2) is 0 Å². The number of likely N-dealkylation sites (tertiary alicyclic amines) is 1. The second kappa shape index (κ2) is 3.35. The lowest BCUT2D eigenvalue weighted by Crippen LogP contribution is -2.39. The highest BCUT2D eigenvalue weighted by molar-refractivity contribution is 4.76. The van der Waals surface area contributed by atoms with Crippen LogP contribution >= 0.6 is 0 Å². The molecule has 0 aromatic carbocycles. The number of nitrogens with zero attached hydrogens (tertiary/aromatic N) is 1. The van der Waals surface area contributed by atoms with Crippen LogP contribution in [0.3, 0.4) is 0 Å². The van der Waals surface area contributed by atoms with Crippen LogP contribution in [0, 0.1) is 11.8 Å². The quantitative estimate of drug-likeness (QED) is 0.579. The summed E-state index contributed by atoms with van der Waals surface area (Å²) in [6.07, 6.45) is 1.29. The molecule has 0 aromatic rings. The predicted molar refractivity (Wildman–Crippen MR) is 43.8 cm³/mol. The summed E-state index contributed by atoms with van der Waals surface area (Å²) in [5.41, 5.74) is 5.62. The average Bonchev–Trinajstić information content (AvgIpc) is 1.88. The molecule has 0 aromatic heterocycles. The highest BCUT2D eigenvalue weighted by atomic mass is 15.1. The van der Waals surface area contributed by atoms with Gasteiger partial charge in [-0.2, -0.15) is 0 Å². The molecule has 2 atom stereocenters. The van der Waals surface area contributed by atoms with Gasteiger partial charge >= 0.3 is 0 Å². The van der Waals surface area contributed by atoms with Crippen LogP contribution in [0.2, 0.25) is 0 Å². The van der Waals surface area contributed by atoms with Crippen molar-refractivity contribution in [2.45, 2.75) is 13.3 Å². The molecular weight excluding hydrogens is 124 g/mol. The van der Waals surface area contributed by atoms with E-state index in [2.05, 4.69) is 18.9 Å². The van der Waals surface area contributed by atoms with Crippen LogP contribution in [-0.2, 0) is 0 Å². The average molecular weight is 142 g/mol. The van der Waals surface area contributed by atoms with Crippen molar-refractivity contribution in [2.75, 3.05) is 26.7 Å². The van der Waals surface area contributed by atoms with Crippen molar-refractivity contribution in [1.29, 1.82) is 0 Å². The molecule has 2 unspecified atom stereocenters. The molecule has 0 saturated carbocycles. The molecule has 10 heavy (non-hydrogen) atoms. The molecule has 2 nitrogen and oxygen atoms in total. The first kappa shape index (κ1) is 8.02. The highest BCUT2D eigenvalue weighted by Crippen LogP contribution is 2.20. The molecule has 0 bridgehead atoms. The number of piperidine rings is 1. The highest BCUT2D eigenvalue weighted by Gasteiger charge is 2.22. The maximum Gasteiger partial charge on any atom is 0.000710 e. The Morgan fingerprint density at radius 2 is 2.30 bits per heavy atom. The van der Waals surface area contributed by atoms with E-state index in [-0.39, 0.29) is 0 Å². The number of nitrogens with two attached hydrogens (primary N) is 1. The minimum absolute atomic E-state index is 0.774. The van der Waals surface area contributed by atoms with Gasteiger partial charge in [-0.15, -0.1) is 0 Å². The van der Waals surface area contributed by atoms with Crippen LogP contribution < -0.4 is 5.73 Å². The van der Waals surface area contributed by atoms with Gasteiger partial charge < -0.3 is 10.6 Å². The maximum atomic E-state index is 5.62. The van der Waals surface area contributed by atoms with Gasteiger partial charge in [0, 0.05) is 6.54 Å². The molecule has 2 N–H and O–H groups in total. The Morgan fingerprint density at radius 3 is 2.80 bits per heavy atom. The molecule has 1 rings (SSSR count). The Kier molecular flexibility index (Phi) is 2.69. The van der Waals surface area contributed by atoms with E-state index in [1.54, 1.807) is 0 Å². The Bertz CT molecular complexity index is 103. The number of hydrogen-bond acceptors (Lipinski definition) is 2. The topological polar surface area (TPSA) is 29.3 Å². The summed E-state index contributed by atoms with van der Waals surface area (Å²) in [6.45, 7) is 5.62. The van der Waals surface area contributed by atoms with E-state index in [4.69, 9.17) is 5.73 Å². The first-order valence-electron chi connectivity index (χ1n) is 4.12. The van der Waals surface area contributed by atoms with Crippen molar-refractivity contribution < 1.29 is 0 Å². The van der Waals surface area contributed by atoms with Gasteiger partial charge in [-0.05, 0) is 38.4 Å². The zero-order chi connectivity index (χ0) is 7.56. The minimum Gasteiger partial charge on any atom is -0.330 e. The molecule has 60 valence electrons. The second-order valence-corrected chi connectivity index (χ2v) is 3.52. The lowest BCUT2D eigenvalue weighted by atomic mass is 9.87. The molecule has 1 saturated heterocycles. The minimum atomic E-state index is 0.774. The third kappa shape index (κ3) is 1.70. The second-order valence-electron chi connectivity index (χ2n) is 3.52. The van der Waals surface area contributed by atoms with Crippen LogP contribution in [0.4, 0.5) is 0 Å². The van der Waals surface area contributed by atoms with Crippen molar-refractivity contribution >= 4 is 0 Å². The van der Waals surface area contributed by atoms with Gasteiger partial charge in [0.15, 0.2) is 0 Å². The van der Waals surface area contributed by atoms with Crippen molar-refractivity contribution in [2.24, 2.45) is 17.6 Å². The smallest absolute Gasteiger partial charge is 0.000710 e. The summed E-state index contributed by atoms with van der Waals surface area (Å²) >= 11 is 0. The normalized spacial score (nSPS) is 36.3. The van der Waals surface area contributed by atoms with Crippen molar-refractivity contribution in [3.05, 3.63) is 0 Å². The lowest BCUT2D eigenvalue weighted by molar-refractivity contribution is 0.159. The van der Waals surface area contributed by atoms with E-state index < -0.39 is 0 Å². The van der Waals surface area contributed by atoms with Crippen molar-refractivity contribution in [3.8, 4) is 0 Å². The van der Waals surface area contributed by atoms with E-state index in [9.17, 15) is 0 Å². The van der Waals surface area contributed by atoms with E-state index in [0.29, 0.717) is 0 Å². The van der Waals surface area contributed by atoms with Gasteiger partial charge in [-0.25, -0.2) is 0 Å². The van der Waals surface area contributed by atoms with Gasteiger partial charge in [0.2, 0.25) is 0 Å². The molecule has 1 aliphatic rings. The molecule has 1 aliphatic heterocycles. The molecular formula is C8H18N2. The Balaban J connectivity index is 2.36. The zero-order valence-corrected chi connectivity index (χ0v) is 7.01. The summed E-state index contributed by atoms with van der Waals surface area (Å²) in [4.78, 5) is 2.39. The van der Waals surface area contributed by atoms with E-state index in [1.165, 1.54) is 19.5 Å². The van der Waals surface area contributed by atoms with E-state index in [0.717, 1.165) is 18.4 Å². The molecule has 1 heterocycles. The maximum absolute atomic E-state index is 5.62. The first-order chi connectivity index (χ1) is 4.74. The van der Waals surface area contributed by atoms with Crippen LogP contribution in [0.5, 0.6) is 0 Å². The fourth-order valence-electron chi connectivity index (χ4n) is 1.75. The van der Waals surface area contributed by atoms with Crippen LogP contribution in [-0.4, -0.2) is 31.6 Å². The van der Waals surface area contributed by atoms with E-state index in [1.807, 2.05) is 0 Å². The monoisotopic (exact) mass is 142 g/mol. The SMILES string of the molecule is CC1CN(C)CCC1CN. The van der Waals surface area contributed by atoms with Gasteiger partial charge in [0.25, 0.3) is 0 Å². The summed E-state index contributed by atoms with van der Waals surface area (Å²) in [5, 5.41) is 0. The zero-order valence-electron chi connectivity index (χ0n) is 7.01. The lowest BCUT2D eigenvalue weighted by Gasteiger charge is -2.33. The van der Waals surface area contributed by atoms with Crippen LogP contribution in [0.25, 0.3) is 0 Å². The standard InChI is InChI=1S/C8H18N2/c1-7-6-10(2)4-3-8(7)5-9/h7-8H,3-6,9H2,1-2H3. The summed E-state index contributed by atoms with van der Waals surface area (Å²) in [5.74, 6) is 1.57. The van der Waals surface area contributed by atoms with Gasteiger partial charge in [-0.3, -0.25) is 0 Å². The molecule has 0 spiro atoms. The molecule has 2 heteroatoms. The molecule has 0 aliphatic carbocycles. The van der Waals surface area contributed by atoms with Gasteiger partial charge in [0.1, 0.15) is 0 Å². The van der Waals surface area contributed by atoms with Crippen molar-refractivity contribution in [3.63, 3.8) is 0 Å². The fourth-order valence-corrected chi connectivity index (χ4v) is 1.75. The van der Waals surface area contributed by atoms with E-state index >= 15 is 0 Å². The van der Waals surface area contributed by atoms with Gasteiger partial charge in [0.05, 0.1) is 0 Å². The fraction of sp³-hybridized carbons (Fsp3) is 1.00. The van der Waals surface area contributed by atoms with Crippen LogP contribution in [0.1, 0.15) is 13.3 Å². The Hall–Kier alpha value is -0.0800. The largest absolute Gasteiger partial charge is 0.330 e. The molecule has 0 amide bonds. The number of hydrogen-bond donors (Lipinski definition) is 1. The predicted octanol–water partition coefficient (Wildman–Crippen LogP) is 0.533. The third-order valence-electron chi connectivity index (χ3n) is 2.59. The molecule has 1 fully saturated rings. The number of rotatable bonds is 1.